The van der Waals surface area contributed by atoms with Crippen LogP contribution in [0.15, 0.2) is 47.6 Å². The summed E-state index contributed by atoms with van der Waals surface area (Å²) in [5.41, 5.74) is 2.12. The Bertz CT molecular complexity index is 1500. The standard InChI is InChI=1S/C28H30N6O6S/c1-16(35)29-10-18-7-20(39-27-22-9-19(38-2)4-5-23(22)30-15-31-27)11-33(18)12-21-13-34(28(37)40-21)17-3-6-25-24(8-17)32-26(36)14-41-25/h3-6,8-9,15,18,20-21H,7,10-14H2,1-2H3,(H,29,35)(H,32,36)/t18-,20-,21+/m0/s1. The van der Waals surface area contributed by atoms with E-state index in [2.05, 4.69) is 25.5 Å². The summed E-state index contributed by atoms with van der Waals surface area (Å²) in [5, 5.41) is 6.54. The lowest BCUT2D eigenvalue weighted by Gasteiger charge is -2.26. The van der Waals surface area contributed by atoms with Crippen LogP contribution in [-0.2, 0) is 14.3 Å². The summed E-state index contributed by atoms with van der Waals surface area (Å²) in [7, 11) is 1.60. The van der Waals surface area contributed by atoms with Gasteiger partial charge in [-0.15, -0.1) is 11.8 Å². The summed E-state index contributed by atoms with van der Waals surface area (Å²) >= 11 is 1.47. The Kier molecular flexibility index (Phi) is 7.54. The van der Waals surface area contributed by atoms with Gasteiger partial charge in [-0.3, -0.25) is 19.4 Å². The van der Waals surface area contributed by atoms with Crippen LogP contribution in [0.5, 0.6) is 11.6 Å². The molecule has 6 rings (SSSR count). The van der Waals surface area contributed by atoms with Gasteiger partial charge in [0, 0.05) is 49.6 Å². The van der Waals surface area contributed by atoms with E-state index in [0.29, 0.717) is 61.4 Å². The molecule has 3 aliphatic heterocycles. The molecule has 2 saturated heterocycles. The van der Waals surface area contributed by atoms with Crippen LogP contribution in [0.1, 0.15) is 13.3 Å². The SMILES string of the molecule is COc1ccc2ncnc(O[C@H]3C[C@@H](CNC(C)=O)N(C[C@@H]4CN(c5ccc6c(c5)NC(=O)CS6)C(=O)O4)C3)c2c1. The van der Waals surface area contributed by atoms with Gasteiger partial charge in [0.25, 0.3) is 0 Å². The van der Waals surface area contributed by atoms with Crippen molar-refractivity contribution in [2.24, 2.45) is 0 Å². The van der Waals surface area contributed by atoms with Crippen LogP contribution in [0.4, 0.5) is 16.2 Å². The number of carbonyl (C=O) groups is 3. The molecule has 0 aliphatic carbocycles. The predicted molar refractivity (Wildman–Crippen MR) is 153 cm³/mol. The van der Waals surface area contributed by atoms with E-state index in [1.807, 2.05) is 36.4 Å². The second-order valence-corrected chi connectivity index (χ2v) is 11.2. The molecule has 0 bridgehead atoms. The number of nitrogens with one attached hydrogen (secondary N) is 2. The Labute approximate surface area is 240 Å². The molecule has 41 heavy (non-hydrogen) atoms. The molecule has 0 unspecified atom stereocenters. The highest BCUT2D eigenvalue weighted by Crippen LogP contribution is 2.36. The molecule has 12 nitrogen and oxygen atoms in total. The van der Waals surface area contributed by atoms with Gasteiger partial charge >= 0.3 is 6.09 Å². The lowest BCUT2D eigenvalue weighted by atomic mass is 10.2. The number of methoxy groups -OCH3 is 1. The summed E-state index contributed by atoms with van der Waals surface area (Å²) in [6.45, 7) is 3.34. The third-order valence-electron chi connectivity index (χ3n) is 7.38. The number of benzene rings is 2. The second kappa shape index (κ2) is 11.4. The van der Waals surface area contributed by atoms with Gasteiger partial charge < -0.3 is 24.8 Å². The van der Waals surface area contributed by atoms with E-state index in [1.165, 1.54) is 25.0 Å². The number of hydrogen-bond acceptors (Lipinski definition) is 10. The predicted octanol–water partition coefficient (Wildman–Crippen LogP) is 2.67. The molecule has 0 radical (unpaired) electrons. The quantitative estimate of drug-likeness (QED) is 0.411. The molecule has 2 aromatic carbocycles. The Hall–Kier alpha value is -4.10. The molecule has 13 heteroatoms. The van der Waals surface area contributed by atoms with Crippen molar-refractivity contribution < 1.29 is 28.6 Å². The Morgan fingerprint density at radius 2 is 2.07 bits per heavy atom. The highest BCUT2D eigenvalue weighted by atomic mass is 32.2. The summed E-state index contributed by atoms with van der Waals surface area (Å²) in [6, 6.07) is 11.1. The van der Waals surface area contributed by atoms with Crippen molar-refractivity contribution in [3.63, 3.8) is 0 Å². The van der Waals surface area contributed by atoms with Gasteiger partial charge in [0.15, 0.2) is 0 Å². The van der Waals surface area contributed by atoms with E-state index in [0.717, 1.165) is 15.8 Å². The summed E-state index contributed by atoms with van der Waals surface area (Å²) in [4.78, 5) is 49.9. The second-order valence-electron chi connectivity index (χ2n) is 10.2. The van der Waals surface area contributed by atoms with Crippen molar-refractivity contribution in [3.8, 4) is 11.6 Å². The fourth-order valence-corrected chi connectivity index (χ4v) is 6.23. The smallest absolute Gasteiger partial charge is 0.414 e. The first-order valence-electron chi connectivity index (χ1n) is 13.3. The van der Waals surface area contributed by atoms with E-state index in [-0.39, 0.29) is 30.1 Å². The van der Waals surface area contributed by atoms with Crippen LogP contribution in [0, 0.1) is 0 Å². The Morgan fingerprint density at radius 1 is 1.20 bits per heavy atom. The van der Waals surface area contributed by atoms with Crippen LogP contribution < -0.4 is 25.0 Å². The first-order chi connectivity index (χ1) is 19.9. The minimum Gasteiger partial charge on any atom is -0.497 e. The zero-order valence-electron chi connectivity index (χ0n) is 22.7. The number of amides is 3. The average molecular weight is 579 g/mol. The first kappa shape index (κ1) is 27.1. The summed E-state index contributed by atoms with van der Waals surface area (Å²) in [5.74, 6) is 1.35. The number of fused-ring (bicyclic) bond motifs is 2. The lowest BCUT2D eigenvalue weighted by Crippen LogP contribution is -2.43. The molecule has 3 aliphatic rings. The van der Waals surface area contributed by atoms with E-state index in [4.69, 9.17) is 14.2 Å². The summed E-state index contributed by atoms with van der Waals surface area (Å²) in [6.07, 6.45) is 1.11. The van der Waals surface area contributed by atoms with Gasteiger partial charge in [0.2, 0.25) is 17.7 Å². The zero-order chi connectivity index (χ0) is 28.5. The Balaban J connectivity index is 1.16. The van der Waals surface area contributed by atoms with Gasteiger partial charge in [-0.25, -0.2) is 14.8 Å². The number of thioether (sulfide) groups is 1. The van der Waals surface area contributed by atoms with Crippen molar-refractivity contribution in [2.45, 2.75) is 36.5 Å². The van der Waals surface area contributed by atoms with E-state index < -0.39 is 6.09 Å². The average Bonchev–Trinajstić information content (AvgIpc) is 3.53. The Morgan fingerprint density at radius 3 is 2.90 bits per heavy atom. The van der Waals surface area contributed by atoms with Gasteiger partial charge in [-0.1, -0.05) is 0 Å². The van der Waals surface area contributed by atoms with Crippen molar-refractivity contribution in [2.75, 3.05) is 49.3 Å². The monoisotopic (exact) mass is 578 g/mol. The molecular formula is C28H30N6O6S. The molecule has 0 saturated carbocycles. The minimum absolute atomic E-state index is 0.0183. The normalized spacial score (nSPS) is 22.3. The van der Waals surface area contributed by atoms with Crippen molar-refractivity contribution in [3.05, 3.63) is 42.7 Å². The fourth-order valence-electron chi connectivity index (χ4n) is 5.44. The van der Waals surface area contributed by atoms with Crippen LogP contribution in [0.25, 0.3) is 10.9 Å². The third kappa shape index (κ3) is 5.86. The van der Waals surface area contributed by atoms with Crippen LogP contribution in [-0.4, -0.2) is 90.1 Å². The van der Waals surface area contributed by atoms with Gasteiger partial charge in [-0.2, -0.15) is 0 Å². The summed E-state index contributed by atoms with van der Waals surface area (Å²) < 4.78 is 17.5. The molecule has 2 fully saturated rings. The molecule has 2 N–H and O–H groups in total. The van der Waals surface area contributed by atoms with Crippen molar-refractivity contribution in [1.82, 2.24) is 20.2 Å². The molecule has 1 aromatic heterocycles. The number of hydrogen-bond donors (Lipinski definition) is 2. The third-order valence-corrected chi connectivity index (χ3v) is 8.45. The molecular weight excluding hydrogens is 548 g/mol. The van der Waals surface area contributed by atoms with E-state index in [1.54, 1.807) is 12.0 Å². The number of likely N-dealkylation sites (tertiary alicyclic amines) is 1. The molecule has 214 valence electrons. The zero-order valence-corrected chi connectivity index (χ0v) is 23.5. The van der Waals surface area contributed by atoms with Gasteiger partial charge in [0.05, 0.1) is 36.0 Å². The number of cyclic esters (lactones) is 1. The maximum absolute atomic E-state index is 12.9. The maximum atomic E-state index is 12.9. The van der Waals surface area contributed by atoms with Crippen LogP contribution in [0.3, 0.4) is 0 Å². The van der Waals surface area contributed by atoms with Crippen LogP contribution >= 0.6 is 11.8 Å². The van der Waals surface area contributed by atoms with Gasteiger partial charge in [0.1, 0.15) is 24.3 Å². The van der Waals surface area contributed by atoms with E-state index >= 15 is 0 Å². The minimum atomic E-state index is -0.434. The van der Waals surface area contributed by atoms with Crippen LogP contribution in [0.2, 0.25) is 0 Å². The molecule has 0 spiro atoms. The highest BCUT2D eigenvalue weighted by molar-refractivity contribution is 8.00. The van der Waals surface area contributed by atoms with Crippen molar-refractivity contribution in [1.29, 1.82) is 0 Å². The van der Waals surface area contributed by atoms with E-state index in [9.17, 15) is 14.4 Å². The number of anilines is 2. The number of rotatable bonds is 8. The topological polar surface area (TPSA) is 135 Å². The van der Waals surface area contributed by atoms with Crippen molar-refractivity contribution >= 4 is 51.9 Å². The lowest BCUT2D eigenvalue weighted by molar-refractivity contribution is -0.119. The van der Waals surface area contributed by atoms with Gasteiger partial charge in [-0.05, 0) is 36.4 Å². The maximum Gasteiger partial charge on any atom is 0.414 e. The highest BCUT2D eigenvalue weighted by Gasteiger charge is 2.39. The number of ether oxygens (including phenoxy) is 3. The number of carbonyl (C=O) groups excluding carboxylic acids is 3. The number of aromatic nitrogens is 2. The molecule has 3 amide bonds. The molecule has 4 heterocycles. The molecule has 3 atom stereocenters. The first-order valence-corrected chi connectivity index (χ1v) is 14.3. The number of nitrogens with zero attached hydrogens (tertiary/aromatic N) is 4. The largest absolute Gasteiger partial charge is 0.497 e. The molecule has 3 aromatic rings. The fraction of sp³-hybridized carbons (Fsp3) is 0.393.